The number of alkyl halides is 1. The van der Waals surface area contributed by atoms with Crippen molar-refractivity contribution in [3.8, 4) is 6.07 Å². The van der Waals surface area contributed by atoms with E-state index in [0.29, 0.717) is 5.69 Å². The fourth-order valence-electron chi connectivity index (χ4n) is 0.823. The average molecular weight is 179 g/mol. The van der Waals surface area contributed by atoms with E-state index >= 15 is 0 Å². The fourth-order valence-corrected chi connectivity index (χ4v) is 0.823. The molecule has 13 heavy (non-hydrogen) atoms. The van der Waals surface area contributed by atoms with Gasteiger partial charge >= 0.3 is 0 Å². The number of nitrogens with one attached hydrogen (secondary N) is 1. The Balaban J connectivity index is 2.55. The van der Waals surface area contributed by atoms with Gasteiger partial charge in [-0.2, -0.15) is 5.26 Å². The van der Waals surface area contributed by atoms with Crippen LogP contribution in [0.5, 0.6) is 0 Å². The lowest BCUT2D eigenvalue weighted by Gasteiger charge is -2.05. The number of halogens is 1. The maximum Gasteiger partial charge on any atom is 0.140 e. The molecular weight excluding hydrogens is 169 g/mol. The largest absolute Gasteiger partial charge is 0.381 e. The highest BCUT2D eigenvalue weighted by molar-refractivity contribution is 5.42. The predicted molar refractivity (Wildman–Crippen MR) is 48.0 cm³/mol. The van der Waals surface area contributed by atoms with Gasteiger partial charge in [-0.3, -0.25) is 0 Å². The van der Waals surface area contributed by atoms with E-state index < -0.39 is 6.17 Å². The highest BCUT2D eigenvalue weighted by atomic mass is 19.1. The van der Waals surface area contributed by atoms with E-state index in [1.165, 1.54) is 13.1 Å². The van der Waals surface area contributed by atoms with Crippen molar-refractivity contribution < 1.29 is 4.39 Å². The summed E-state index contributed by atoms with van der Waals surface area (Å²) in [7, 11) is 0. The average Bonchev–Trinajstić information content (AvgIpc) is 2.15. The number of hydrogen-bond acceptors (Lipinski definition) is 3. The number of anilines is 1. The van der Waals surface area contributed by atoms with Gasteiger partial charge in [0, 0.05) is 6.54 Å². The molecule has 0 aliphatic carbocycles. The van der Waals surface area contributed by atoms with Crippen molar-refractivity contribution in [1.29, 1.82) is 5.26 Å². The molecule has 0 fully saturated rings. The monoisotopic (exact) mass is 179 g/mol. The Kier molecular flexibility index (Phi) is 3.21. The summed E-state index contributed by atoms with van der Waals surface area (Å²) in [5.74, 6) is 0. The molecule has 0 aromatic carbocycles. The van der Waals surface area contributed by atoms with E-state index in [1.807, 2.05) is 6.07 Å². The van der Waals surface area contributed by atoms with Crippen molar-refractivity contribution in [2.45, 2.75) is 13.1 Å². The zero-order valence-electron chi connectivity index (χ0n) is 7.29. The number of nitriles is 1. The summed E-state index contributed by atoms with van der Waals surface area (Å²) in [6.45, 7) is 1.73. The lowest BCUT2D eigenvalue weighted by atomic mass is 10.3. The second kappa shape index (κ2) is 4.41. The maximum atomic E-state index is 12.4. The Hall–Kier alpha value is -1.63. The minimum atomic E-state index is -0.893. The van der Waals surface area contributed by atoms with Crippen molar-refractivity contribution in [3.05, 3.63) is 24.0 Å². The SMILES string of the molecule is CC(F)CNc1ccc(C#N)nc1. The molecule has 3 nitrogen and oxygen atoms in total. The molecule has 4 heteroatoms. The molecule has 0 saturated heterocycles. The summed E-state index contributed by atoms with van der Waals surface area (Å²) in [6, 6.07) is 5.20. The normalized spacial score (nSPS) is 11.8. The summed E-state index contributed by atoms with van der Waals surface area (Å²) < 4.78 is 12.4. The molecular formula is C9H10FN3. The second-order valence-corrected chi connectivity index (χ2v) is 2.71. The number of nitrogens with zero attached hydrogens (tertiary/aromatic N) is 2. The summed E-state index contributed by atoms with van der Waals surface area (Å²) in [5, 5.41) is 11.3. The third-order valence-corrected chi connectivity index (χ3v) is 1.47. The first-order valence-corrected chi connectivity index (χ1v) is 3.96. The van der Waals surface area contributed by atoms with Crippen LogP contribution in [-0.4, -0.2) is 17.7 Å². The van der Waals surface area contributed by atoms with Gasteiger partial charge < -0.3 is 5.32 Å². The van der Waals surface area contributed by atoms with E-state index in [-0.39, 0.29) is 6.54 Å². The topological polar surface area (TPSA) is 48.7 Å². The summed E-state index contributed by atoms with van der Waals surface area (Å²) in [6.07, 6.45) is 0.622. The van der Waals surface area contributed by atoms with Crippen LogP contribution < -0.4 is 5.32 Å². The van der Waals surface area contributed by atoms with Crippen LogP contribution in [0.15, 0.2) is 18.3 Å². The number of pyridine rings is 1. The van der Waals surface area contributed by atoms with Gasteiger partial charge in [-0.1, -0.05) is 0 Å². The second-order valence-electron chi connectivity index (χ2n) is 2.71. The Morgan fingerprint density at radius 1 is 1.69 bits per heavy atom. The third-order valence-electron chi connectivity index (χ3n) is 1.47. The molecule has 1 aromatic rings. The lowest BCUT2D eigenvalue weighted by molar-refractivity contribution is 0.378. The van der Waals surface area contributed by atoms with Crippen LogP contribution in [0.4, 0.5) is 10.1 Å². The van der Waals surface area contributed by atoms with Crippen molar-refractivity contribution in [1.82, 2.24) is 4.98 Å². The van der Waals surface area contributed by atoms with Gasteiger partial charge in [-0.25, -0.2) is 9.37 Å². The molecule has 1 rings (SSSR count). The fraction of sp³-hybridized carbons (Fsp3) is 0.333. The molecule has 0 saturated carbocycles. The van der Waals surface area contributed by atoms with Crippen LogP contribution in [0.25, 0.3) is 0 Å². The number of aromatic nitrogens is 1. The van der Waals surface area contributed by atoms with Crippen molar-refractivity contribution in [2.24, 2.45) is 0 Å². The minimum Gasteiger partial charge on any atom is -0.381 e. The van der Waals surface area contributed by atoms with Crippen molar-refractivity contribution in [3.63, 3.8) is 0 Å². The first kappa shape index (κ1) is 9.46. The zero-order chi connectivity index (χ0) is 9.68. The van der Waals surface area contributed by atoms with E-state index in [1.54, 1.807) is 12.1 Å². The summed E-state index contributed by atoms with van der Waals surface area (Å²) in [4.78, 5) is 3.83. The quantitative estimate of drug-likeness (QED) is 0.768. The number of hydrogen-bond donors (Lipinski definition) is 1. The Morgan fingerprint density at radius 2 is 2.46 bits per heavy atom. The van der Waals surface area contributed by atoms with Gasteiger partial charge in [-0.05, 0) is 19.1 Å². The van der Waals surface area contributed by atoms with E-state index in [0.717, 1.165) is 5.69 Å². The van der Waals surface area contributed by atoms with Crippen LogP contribution in [0, 0.1) is 11.3 Å². The highest BCUT2D eigenvalue weighted by Crippen LogP contribution is 2.05. The van der Waals surface area contributed by atoms with E-state index in [9.17, 15) is 4.39 Å². The van der Waals surface area contributed by atoms with Crippen molar-refractivity contribution >= 4 is 5.69 Å². The van der Waals surface area contributed by atoms with Gasteiger partial charge in [-0.15, -0.1) is 0 Å². The minimum absolute atomic E-state index is 0.258. The Bertz CT molecular complexity index is 300. The standard InChI is InChI=1S/C9H10FN3/c1-7(10)5-12-9-3-2-8(4-11)13-6-9/h2-3,6-7,12H,5H2,1H3. The first-order valence-electron chi connectivity index (χ1n) is 3.96. The van der Waals surface area contributed by atoms with Gasteiger partial charge in [0.2, 0.25) is 0 Å². The molecule has 0 bridgehead atoms. The molecule has 1 heterocycles. The third kappa shape index (κ3) is 3.08. The van der Waals surface area contributed by atoms with E-state index in [2.05, 4.69) is 10.3 Å². The number of rotatable bonds is 3. The molecule has 0 spiro atoms. The Labute approximate surface area is 76.2 Å². The molecule has 1 N–H and O–H groups in total. The lowest BCUT2D eigenvalue weighted by Crippen LogP contribution is -2.11. The van der Waals surface area contributed by atoms with Gasteiger partial charge in [0.05, 0.1) is 11.9 Å². The van der Waals surface area contributed by atoms with Crippen LogP contribution in [0.2, 0.25) is 0 Å². The molecule has 1 unspecified atom stereocenters. The van der Waals surface area contributed by atoms with Crippen molar-refractivity contribution in [2.75, 3.05) is 11.9 Å². The molecule has 1 aromatic heterocycles. The molecule has 1 atom stereocenters. The van der Waals surface area contributed by atoms with Crippen LogP contribution >= 0.6 is 0 Å². The first-order chi connectivity index (χ1) is 6.22. The van der Waals surface area contributed by atoms with E-state index in [4.69, 9.17) is 5.26 Å². The highest BCUT2D eigenvalue weighted by Gasteiger charge is 1.98. The molecule has 68 valence electrons. The zero-order valence-corrected chi connectivity index (χ0v) is 7.29. The van der Waals surface area contributed by atoms with Crippen LogP contribution in [-0.2, 0) is 0 Å². The molecule has 0 aliphatic rings. The molecule has 0 radical (unpaired) electrons. The predicted octanol–water partition coefficient (Wildman–Crippen LogP) is 1.72. The molecule has 0 amide bonds. The van der Waals surface area contributed by atoms with Gasteiger partial charge in [0.15, 0.2) is 0 Å². The summed E-state index contributed by atoms with van der Waals surface area (Å²) in [5.41, 5.74) is 1.09. The van der Waals surface area contributed by atoms with Gasteiger partial charge in [0.1, 0.15) is 17.9 Å². The smallest absolute Gasteiger partial charge is 0.140 e. The van der Waals surface area contributed by atoms with Crippen LogP contribution in [0.3, 0.4) is 0 Å². The van der Waals surface area contributed by atoms with Crippen LogP contribution in [0.1, 0.15) is 12.6 Å². The molecule has 0 aliphatic heterocycles. The maximum absolute atomic E-state index is 12.4. The Morgan fingerprint density at radius 3 is 2.92 bits per heavy atom. The summed E-state index contributed by atoms with van der Waals surface area (Å²) >= 11 is 0. The van der Waals surface area contributed by atoms with Gasteiger partial charge in [0.25, 0.3) is 0 Å².